The van der Waals surface area contributed by atoms with E-state index in [1.165, 1.54) is 25.7 Å². The lowest BCUT2D eigenvalue weighted by Crippen LogP contribution is -2.10. The van der Waals surface area contributed by atoms with Gasteiger partial charge in [-0.3, -0.25) is 4.68 Å². The summed E-state index contributed by atoms with van der Waals surface area (Å²) in [6, 6.07) is 0. The zero-order chi connectivity index (χ0) is 11.8. The van der Waals surface area contributed by atoms with Crippen LogP contribution in [0.4, 0.5) is 0 Å². The van der Waals surface area contributed by atoms with E-state index in [4.69, 9.17) is 0 Å². The van der Waals surface area contributed by atoms with Crippen LogP contribution in [0.25, 0.3) is 0 Å². The molecule has 0 aliphatic heterocycles. The first-order chi connectivity index (χ1) is 7.80. The van der Waals surface area contributed by atoms with Crippen LogP contribution in [0.15, 0.2) is 6.20 Å². The predicted molar refractivity (Wildman–Crippen MR) is 66.1 cm³/mol. The van der Waals surface area contributed by atoms with Crippen molar-refractivity contribution in [3.05, 3.63) is 11.9 Å². The Morgan fingerprint density at radius 2 is 2.25 bits per heavy atom. The Kier molecular flexibility index (Phi) is 6.08. The van der Waals surface area contributed by atoms with E-state index in [2.05, 4.69) is 29.5 Å². The fourth-order valence-electron chi connectivity index (χ4n) is 1.87. The number of nitrogens with zero attached hydrogens (tertiary/aromatic N) is 3. The van der Waals surface area contributed by atoms with E-state index >= 15 is 0 Å². The van der Waals surface area contributed by atoms with Crippen LogP contribution in [0.3, 0.4) is 0 Å². The van der Waals surface area contributed by atoms with Gasteiger partial charge in [0.2, 0.25) is 0 Å². The maximum absolute atomic E-state index is 4.16. The number of rotatable bonds is 8. The molecule has 0 aliphatic carbocycles. The minimum Gasteiger partial charge on any atom is -0.314 e. The standard InChI is InChI=1S/C12H24N4/c1-4-6-7-11(5-2)9-16-10-12(8-13-3)14-15-16/h10-11,13H,4-9H2,1-3H3. The van der Waals surface area contributed by atoms with Crippen LogP contribution >= 0.6 is 0 Å². The average Bonchev–Trinajstić information content (AvgIpc) is 2.72. The van der Waals surface area contributed by atoms with Crippen LogP contribution < -0.4 is 5.32 Å². The van der Waals surface area contributed by atoms with Crippen LogP contribution in [-0.2, 0) is 13.1 Å². The molecule has 0 fully saturated rings. The Bertz CT molecular complexity index is 282. The van der Waals surface area contributed by atoms with Crippen molar-refractivity contribution in [3.63, 3.8) is 0 Å². The monoisotopic (exact) mass is 224 g/mol. The molecule has 0 aliphatic rings. The summed E-state index contributed by atoms with van der Waals surface area (Å²) in [5.41, 5.74) is 1.02. The lowest BCUT2D eigenvalue weighted by molar-refractivity contribution is 0.368. The van der Waals surface area contributed by atoms with E-state index in [0.29, 0.717) is 0 Å². The van der Waals surface area contributed by atoms with Gasteiger partial charge in [-0.15, -0.1) is 5.10 Å². The van der Waals surface area contributed by atoms with Crippen LogP contribution in [0, 0.1) is 5.92 Å². The minimum absolute atomic E-state index is 0.740. The van der Waals surface area contributed by atoms with Gasteiger partial charge in [-0.2, -0.15) is 0 Å². The molecular formula is C12H24N4. The first kappa shape index (κ1) is 13.2. The highest BCUT2D eigenvalue weighted by Gasteiger charge is 2.08. The molecule has 16 heavy (non-hydrogen) atoms. The first-order valence-electron chi connectivity index (χ1n) is 6.33. The molecule has 1 rings (SSSR count). The number of hydrogen-bond donors (Lipinski definition) is 1. The maximum Gasteiger partial charge on any atom is 0.0964 e. The van der Waals surface area contributed by atoms with Crippen LogP contribution in [0.5, 0.6) is 0 Å². The van der Waals surface area contributed by atoms with Gasteiger partial charge in [-0.05, 0) is 19.4 Å². The molecule has 1 unspecified atom stereocenters. The van der Waals surface area contributed by atoms with Crippen LogP contribution in [0.1, 0.15) is 45.2 Å². The van der Waals surface area contributed by atoms with Gasteiger partial charge in [0.15, 0.2) is 0 Å². The molecule has 1 heterocycles. The maximum atomic E-state index is 4.16. The lowest BCUT2D eigenvalue weighted by atomic mass is 9.99. The van der Waals surface area contributed by atoms with Crippen molar-refractivity contribution in [1.82, 2.24) is 20.3 Å². The number of aromatic nitrogens is 3. The Morgan fingerprint density at radius 3 is 2.88 bits per heavy atom. The van der Waals surface area contributed by atoms with Crippen LogP contribution in [-0.4, -0.2) is 22.0 Å². The third kappa shape index (κ3) is 4.31. The fraction of sp³-hybridized carbons (Fsp3) is 0.833. The molecule has 0 aromatic carbocycles. The van der Waals surface area contributed by atoms with Crippen molar-refractivity contribution < 1.29 is 0 Å². The highest BCUT2D eigenvalue weighted by atomic mass is 15.4. The zero-order valence-electron chi connectivity index (χ0n) is 10.7. The van der Waals surface area contributed by atoms with Crippen LogP contribution in [0.2, 0.25) is 0 Å². The Hall–Kier alpha value is -0.900. The first-order valence-corrected chi connectivity index (χ1v) is 6.33. The minimum atomic E-state index is 0.740. The Labute approximate surface area is 98.4 Å². The highest BCUT2D eigenvalue weighted by Crippen LogP contribution is 2.14. The highest BCUT2D eigenvalue weighted by molar-refractivity contribution is 4.91. The zero-order valence-corrected chi connectivity index (χ0v) is 10.7. The molecule has 1 atom stereocenters. The second-order valence-electron chi connectivity index (χ2n) is 4.38. The van der Waals surface area contributed by atoms with E-state index in [1.807, 2.05) is 17.9 Å². The van der Waals surface area contributed by atoms with E-state index in [-0.39, 0.29) is 0 Å². The van der Waals surface area contributed by atoms with Crippen molar-refractivity contribution in [3.8, 4) is 0 Å². The number of unbranched alkanes of at least 4 members (excludes halogenated alkanes) is 1. The number of nitrogens with one attached hydrogen (secondary N) is 1. The third-order valence-electron chi connectivity index (χ3n) is 2.93. The molecule has 1 N–H and O–H groups in total. The molecule has 1 aromatic rings. The van der Waals surface area contributed by atoms with Crippen molar-refractivity contribution in [2.75, 3.05) is 7.05 Å². The third-order valence-corrected chi connectivity index (χ3v) is 2.93. The average molecular weight is 224 g/mol. The van der Waals surface area contributed by atoms with Gasteiger partial charge in [-0.25, -0.2) is 0 Å². The quantitative estimate of drug-likeness (QED) is 0.736. The molecule has 1 aromatic heterocycles. The van der Waals surface area contributed by atoms with Gasteiger partial charge in [0.1, 0.15) is 0 Å². The second kappa shape index (κ2) is 7.39. The predicted octanol–water partition coefficient (Wildman–Crippen LogP) is 2.21. The van der Waals surface area contributed by atoms with Crippen molar-refractivity contribution >= 4 is 0 Å². The van der Waals surface area contributed by atoms with Crippen molar-refractivity contribution in [2.24, 2.45) is 5.92 Å². The lowest BCUT2D eigenvalue weighted by Gasteiger charge is -2.13. The summed E-state index contributed by atoms with van der Waals surface area (Å²) in [5, 5.41) is 11.4. The summed E-state index contributed by atoms with van der Waals surface area (Å²) in [5.74, 6) is 0.740. The van der Waals surface area contributed by atoms with Gasteiger partial charge >= 0.3 is 0 Å². The Morgan fingerprint density at radius 1 is 1.44 bits per heavy atom. The fourth-order valence-corrected chi connectivity index (χ4v) is 1.87. The molecule has 4 nitrogen and oxygen atoms in total. The summed E-state index contributed by atoms with van der Waals surface area (Å²) in [6.45, 7) is 6.30. The molecule has 0 saturated carbocycles. The van der Waals surface area contributed by atoms with E-state index in [1.54, 1.807) is 0 Å². The molecule has 0 saturated heterocycles. The summed E-state index contributed by atoms with van der Waals surface area (Å²) >= 11 is 0. The second-order valence-corrected chi connectivity index (χ2v) is 4.38. The molecule has 0 spiro atoms. The van der Waals surface area contributed by atoms with Gasteiger partial charge in [0.05, 0.1) is 5.69 Å². The molecule has 0 radical (unpaired) electrons. The largest absolute Gasteiger partial charge is 0.314 e. The number of hydrogen-bond acceptors (Lipinski definition) is 3. The van der Waals surface area contributed by atoms with Gasteiger partial charge < -0.3 is 5.32 Å². The molecule has 0 bridgehead atoms. The van der Waals surface area contributed by atoms with Gasteiger partial charge in [0, 0.05) is 19.3 Å². The van der Waals surface area contributed by atoms with Gasteiger partial charge in [0.25, 0.3) is 0 Å². The van der Waals surface area contributed by atoms with Crippen molar-refractivity contribution in [2.45, 2.75) is 52.6 Å². The van der Waals surface area contributed by atoms with Crippen molar-refractivity contribution in [1.29, 1.82) is 0 Å². The molecular weight excluding hydrogens is 200 g/mol. The SMILES string of the molecule is CCCCC(CC)Cn1cc(CNC)nn1. The van der Waals surface area contributed by atoms with E-state index in [9.17, 15) is 0 Å². The molecule has 0 amide bonds. The van der Waals surface area contributed by atoms with E-state index < -0.39 is 0 Å². The Balaban J connectivity index is 2.43. The molecule has 92 valence electrons. The summed E-state index contributed by atoms with van der Waals surface area (Å²) < 4.78 is 1.98. The smallest absolute Gasteiger partial charge is 0.0964 e. The topological polar surface area (TPSA) is 42.7 Å². The normalized spacial score (nSPS) is 12.9. The van der Waals surface area contributed by atoms with Gasteiger partial charge in [-0.1, -0.05) is 38.3 Å². The summed E-state index contributed by atoms with van der Waals surface area (Å²) in [7, 11) is 1.93. The summed E-state index contributed by atoms with van der Waals surface area (Å²) in [4.78, 5) is 0. The summed E-state index contributed by atoms with van der Waals surface area (Å²) in [6.07, 6.45) is 7.16. The van der Waals surface area contributed by atoms with E-state index in [0.717, 1.165) is 24.7 Å². The molecule has 4 heteroatoms.